The standard InChI is InChI=1S/C27H40N8O/c1-32-25-21(12-13-23(28-25)35-16-8-3-2-4-9-17-35)24(31-32)27-30-29-26(36-27)22-11-10-18-34(22)20-19-33-14-6-5-7-15-33/h12-13,22H,2-11,14-20H2,1H3/t22-/m0/s1. The lowest BCUT2D eigenvalue weighted by Gasteiger charge is -2.29. The van der Waals surface area contributed by atoms with E-state index in [1.165, 1.54) is 70.9 Å². The minimum Gasteiger partial charge on any atom is -0.417 e. The molecule has 9 heteroatoms. The third kappa shape index (κ3) is 5.00. The number of aromatic nitrogens is 5. The zero-order chi connectivity index (χ0) is 24.3. The molecule has 0 spiro atoms. The summed E-state index contributed by atoms with van der Waals surface area (Å²) in [7, 11) is 1.95. The lowest BCUT2D eigenvalue weighted by molar-refractivity contribution is 0.163. The fraction of sp³-hybridized carbons (Fsp3) is 0.704. The van der Waals surface area contributed by atoms with Crippen LogP contribution in [0.2, 0.25) is 0 Å². The van der Waals surface area contributed by atoms with Crippen LogP contribution in [0.1, 0.15) is 76.1 Å². The Bertz CT molecular complexity index is 1140. The number of pyridine rings is 1. The molecule has 3 fully saturated rings. The topological polar surface area (TPSA) is 79.4 Å². The van der Waals surface area contributed by atoms with Crippen molar-refractivity contribution in [3.63, 3.8) is 0 Å². The second-order valence-corrected chi connectivity index (χ2v) is 10.8. The van der Waals surface area contributed by atoms with E-state index in [0.717, 1.165) is 67.6 Å². The quantitative estimate of drug-likeness (QED) is 0.501. The molecule has 9 nitrogen and oxygen atoms in total. The SMILES string of the molecule is Cn1nc(-c2nnc([C@@H]3CCCN3CCN3CCCCC3)o2)c2ccc(N3CCCCCCC3)nc21. The number of nitrogens with zero attached hydrogens (tertiary/aromatic N) is 8. The molecule has 0 bridgehead atoms. The molecule has 0 aliphatic carbocycles. The maximum Gasteiger partial charge on any atom is 0.268 e. The number of hydrogen-bond donors (Lipinski definition) is 0. The highest BCUT2D eigenvalue weighted by molar-refractivity contribution is 5.89. The average Bonchev–Trinajstić information content (AvgIpc) is 3.62. The van der Waals surface area contributed by atoms with Crippen LogP contribution < -0.4 is 4.90 Å². The van der Waals surface area contributed by atoms with Gasteiger partial charge in [0.1, 0.15) is 5.82 Å². The average molecular weight is 493 g/mol. The summed E-state index contributed by atoms with van der Waals surface area (Å²) >= 11 is 0. The van der Waals surface area contributed by atoms with E-state index in [1.54, 1.807) is 0 Å². The minimum atomic E-state index is 0.211. The zero-order valence-electron chi connectivity index (χ0n) is 21.7. The Labute approximate surface area is 213 Å². The largest absolute Gasteiger partial charge is 0.417 e. The van der Waals surface area contributed by atoms with Crippen LogP contribution in [0.25, 0.3) is 22.6 Å². The molecule has 3 aromatic rings. The monoisotopic (exact) mass is 492 g/mol. The third-order valence-electron chi connectivity index (χ3n) is 8.30. The van der Waals surface area contributed by atoms with Gasteiger partial charge in [0.05, 0.1) is 11.4 Å². The smallest absolute Gasteiger partial charge is 0.268 e. The Kier molecular flexibility index (Phi) is 7.19. The maximum atomic E-state index is 6.28. The first-order valence-electron chi connectivity index (χ1n) is 14.2. The number of piperidine rings is 1. The number of rotatable bonds is 6. The van der Waals surface area contributed by atoms with Crippen LogP contribution in [0.3, 0.4) is 0 Å². The molecule has 6 rings (SSSR count). The summed E-state index contributed by atoms with van der Waals surface area (Å²) in [6.45, 7) is 7.93. The van der Waals surface area contributed by atoms with Crippen molar-refractivity contribution in [1.82, 2.24) is 34.8 Å². The third-order valence-corrected chi connectivity index (χ3v) is 8.30. The van der Waals surface area contributed by atoms with Crippen LogP contribution in [0.15, 0.2) is 16.5 Å². The van der Waals surface area contributed by atoms with Gasteiger partial charge in [0.25, 0.3) is 5.89 Å². The first-order valence-corrected chi connectivity index (χ1v) is 14.2. The van der Waals surface area contributed by atoms with Gasteiger partial charge in [-0.3, -0.25) is 4.90 Å². The molecule has 0 amide bonds. The van der Waals surface area contributed by atoms with Crippen LogP contribution in [0, 0.1) is 0 Å². The van der Waals surface area contributed by atoms with Gasteiger partial charge in [-0.2, -0.15) is 5.10 Å². The summed E-state index contributed by atoms with van der Waals surface area (Å²) in [4.78, 5) is 12.6. The van der Waals surface area contributed by atoms with Gasteiger partial charge < -0.3 is 14.2 Å². The molecule has 3 aromatic heterocycles. The molecule has 0 unspecified atom stereocenters. The van der Waals surface area contributed by atoms with Gasteiger partial charge in [0.2, 0.25) is 5.89 Å². The predicted molar refractivity (Wildman–Crippen MR) is 141 cm³/mol. The summed E-state index contributed by atoms with van der Waals surface area (Å²) in [5.41, 5.74) is 1.60. The first-order chi connectivity index (χ1) is 17.8. The Hall–Kier alpha value is -2.52. The van der Waals surface area contributed by atoms with Gasteiger partial charge in [0, 0.05) is 33.2 Å². The molecule has 6 heterocycles. The van der Waals surface area contributed by atoms with Crippen molar-refractivity contribution in [3.05, 3.63) is 18.0 Å². The molecule has 0 saturated carbocycles. The van der Waals surface area contributed by atoms with Crippen molar-refractivity contribution in [1.29, 1.82) is 0 Å². The normalized spacial score (nSPS) is 22.8. The molecule has 1 atom stereocenters. The van der Waals surface area contributed by atoms with Crippen LogP contribution >= 0.6 is 0 Å². The van der Waals surface area contributed by atoms with Gasteiger partial charge in [-0.15, -0.1) is 10.2 Å². The highest BCUT2D eigenvalue weighted by Gasteiger charge is 2.31. The van der Waals surface area contributed by atoms with Gasteiger partial charge in [-0.1, -0.05) is 25.7 Å². The molecule has 36 heavy (non-hydrogen) atoms. The van der Waals surface area contributed by atoms with Crippen molar-refractivity contribution in [2.45, 2.75) is 70.3 Å². The number of aryl methyl sites for hydroxylation is 1. The Morgan fingerprint density at radius 3 is 2.42 bits per heavy atom. The Balaban J connectivity index is 1.19. The number of fused-ring (bicyclic) bond motifs is 1. The van der Waals surface area contributed by atoms with E-state index in [9.17, 15) is 0 Å². The van der Waals surface area contributed by atoms with E-state index in [0.29, 0.717) is 5.89 Å². The summed E-state index contributed by atoms with van der Waals surface area (Å²) in [5.74, 6) is 2.27. The van der Waals surface area contributed by atoms with Crippen molar-refractivity contribution < 1.29 is 4.42 Å². The maximum absolute atomic E-state index is 6.28. The highest BCUT2D eigenvalue weighted by Crippen LogP contribution is 2.34. The zero-order valence-corrected chi connectivity index (χ0v) is 21.7. The second-order valence-electron chi connectivity index (χ2n) is 10.8. The van der Waals surface area contributed by atoms with Crippen LogP contribution in [0.5, 0.6) is 0 Å². The molecular weight excluding hydrogens is 452 g/mol. The fourth-order valence-corrected chi connectivity index (χ4v) is 6.22. The molecule has 0 N–H and O–H groups in total. The van der Waals surface area contributed by atoms with E-state index in [-0.39, 0.29) is 6.04 Å². The summed E-state index contributed by atoms with van der Waals surface area (Å²) in [5, 5.41) is 14.7. The van der Waals surface area contributed by atoms with Crippen molar-refractivity contribution in [2.75, 3.05) is 50.7 Å². The molecule has 0 aromatic carbocycles. The van der Waals surface area contributed by atoms with Crippen molar-refractivity contribution in [2.24, 2.45) is 7.05 Å². The van der Waals surface area contributed by atoms with Crippen LogP contribution in [0.4, 0.5) is 5.82 Å². The molecule has 0 radical (unpaired) electrons. The van der Waals surface area contributed by atoms with Gasteiger partial charge >= 0.3 is 0 Å². The number of anilines is 1. The van der Waals surface area contributed by atoms with Gasteiger partial charge in [-0.25, -0.2) is 9.67 Å². The predicted octanol–water partition coefficient (Wildman–Crippen LogP) is 4.41. The second kappa shape index (κ2) is 10.8. The van der Waals surface area contributed by atoms with E-state index in [2.05, 4.69) is 37.0 Å². The Morgan fingerprint density at radius 2 is 1.58 bits per heavy atom. The molecular formula is C27H40N8O. The van der Waals surface area contributed by atoms with E-state index in [1.807, 2.05) is 11.7 Å². The fourth-order valence-electron chi connectivity index (χ4n) is 6.22. The number of likely N-dealkylation sites (tertiary alicyclic amines) is 2. The lowest BCUT2D eigenvalue weighted by atomic mass is 10.1. The summed E-state index contributed by atoms with van der Waals surface area (Å²) in [6.07, 6.45) is 12.7. The Morgan fingerprint density at radius 1 is 0.833 bits per heavy atom. The first kappa shape index (κ1) is 23.9. The van der Waals surface area contributed by atoms with E-state index in [4.69, 9.17) is 14.5 Å². The molecule has 3 saturated heterocycles. The van der Waals surface area contributed by atoms with Crippen LogP contribution in [-0.4, -0.2) is 80.6 Å². The molecule has 3 aliphatic rings. The van der Waals surface area contributed by atoms with Crippen molar-refractivity contribution >= 4 is 16.9 Å². The number of hydrogen-bond acceptors (Lipinski definition) is 8. The molecule has 3 aliphatic heterocycles. The summed E-state index contributed by atoms with van der Waals surface area (Å²) < 4.78 is 8.13. The molecule has 194 valence electrons. The summed E-state index contributed by atoms with van der Waals surface area (Å²) in [6, 6.07) is 4.47. The van der Waals surface area contributed by atoms with E-state index < -0.39 is 0 Å². The van der Waals surface area contributed by atoms with Gasteiger partial charge in [0.15, 0.2) is 11.3 Å². The minimum absolute atomic E-state index is 0.211. The van der Waals surface area contributed by atoms with E-state index >= 15 is 0 Å². The van der Waals surface area contributed by atoms with Crippen LogP contribution in [-0.2, 0) is 7.05 Å². The lowest BCUT2D eigenvalue weighted by Crippen LogP contribution is -2.37. The van der Waals surface area contributed by atoms with Gasteiger partial charge in [-0.05, 0) is 70.3 Å². The van der Waals surface area contributed by atoms with Crippen molar-refractivity contribution in [3.8, 4) is 11.6 Å². The highest BCUT2D eigenvalue weighted by atomic mass is 16.4.